The maximum absolute atomic E-state index is 12.4. The molecule has 0 saturated carbocycles. The fourth-order valence-corrected chi connectivity index (χ4v) is 4.52. The van der Waals surface area contributed by atoms with E-state index in [2.05, 4.69) is 15.9 Å². The third-order valence-electron chi connectivity index (χ3n) is 6.22. The van der Waals surface area contributed by atoms with Crippen molar-refractivity contribution in [3.8, 4) is 11.8 Å². The molecular formula is C22H30N4O4. The van der Waals surface area contributed by atoms with Gasteiger partial charge in [-0.05, 0) is 36.1 Å². The molecule has 30 heavy (non-hydrogen) atoms. The van der Waals surface area contributed by atoms with E-state index in [9.17, 15) is 4.79 Å². The van der Waals surface area contributed by atoms with Crippen molar-refractivity contribution in [2.24, 2.45) is 11.8 Å². The number of hydrogen-bond donors (Lipinski definition) is 0. The molecule has 0 aromatic heterocycles. The van der Waals surface area contributed by atoms with Gasteiger partial charge in [0, 0.05) is 52.4 Å². The molecule has 3 aliphatic rings. The lowest BCUT2D eigenvalue weighted by atomic mass is 10.0. The molecule has 0 spiro atoms. The number of rotatable bonds is 7. The number of nitriles is 1. The molecule has 4 rings (SSSR count). The van der Waals surface area contributed by atoms with Crippen LogP contribution in [-0.4, -0.2) is 99.6 Å². The van der Waals surface area contributed by atoms with Gasteiger partial charge < -0.3 is 19.1 Å². The van der Waals surface area contributed by atoms with Gasteiger partial charge in [-0.1, -0.05) is 0 Å². The quantitative estimate of drug-likeness (QED) is 0.665. The molecule has 0 aliphatic carbocycles. The Morgan fingerprint density at radius 1 is 1.00 bits per heavy atom. The van der Waals surface area contributed by atoms with Crippen LogP contribution < -0.4 is 4.74 Å². The number of likely N-dealkylation sites (tertiary alicyclic amines) is 2. The lowest BCUT2D eigenvalue weighted by molar-refractivity contribution is 0.0251. The van der Waals surface area contributed by atoms with Gasteiger partial charge >= 0.3 is 6.09 Å². The lowest BCUT2D eigenvalue weighted by Crippen LogP contribution is -2.40. The van der Waals surface area contributed by atoms with Gasteiger partial charge in [0.25, 0.3) is 0 Å². The Balaban J connectivity index is 1.11. The second kappa shape index (κ2) is 10.1. The maximum atomic E-state index is 12.4. The van der Waals surface area contributed by atoms with Crippen molar-refractivity contribution in [2.45, 2.75) is 0 Å². The lowest BCUT2D eigenvalue weighted by Gasteiger charge is -2.26. The van der Waals surface area contributed by atoms with Gasteiger partial charge in [-0.15, -0.1) is 0 Å². The van der Waals surface area contributed by atoms with Crippen LogP contribution in [0.3, 0.4) is 0 Å². The first-order valence-corrected chi connectivity index (χ1v) is 10.8. The molecular weight excluding hydrogens is 384 g/mol. The Labute approximate surface area is 177 Å². The zero-order chi connectivity index (χ0) is 20.8. The van der Waals surface area contributed by atoms with Crippen LogP contribution in [0.4, 0.5) is 4.79 Å². The van der Waals surface area contributed by atoms with E-state index in [-0.39, 0.29) is 6.09 Å². The molecule has 0 radical (unpaired) electrons. The summed E-state index contributed by atoms with van der Waals surface area (Å²) >= 11 is 0. The second-order valence-electron chi connectivity index (χ2n) is 8.24. The second-order valence-corrected chi connectivity index (χ2v) is 8.24. The number of benzene rings is 1. The smallest absolute Gasteiger partial charge is 0.409 e. The van der Waals surface area contributed by atoms with Crippen molar-refractivity contribution in [2.75, 3.05) is 78.8 Å². The van der Waals surface area contributed by atoms with E-state index in [0.717, 1.165) is 71.3 Å². The minimum absolute atomic E-state index is 0.173. The molecule has 3 heterocycles. The molecule has 3 aliphatic heterocycles. The first kappa shape index (κ1) is 20.9. The SMILES string of the molecule is N#Cc1ccc(OCCN2CC3CN(C(=O)OCCN4CCOCC4)CC3C2)cc1. The minimum Gasteiger partial charge on any atom is -0.492 e. The van der Waals surface area contributed by atoms with Crippen molar-refractivity contribution in [1.82, 2.24) is 14.7 Å². The normalized spacial score (nSPS) is 24.4. The highest BCUT2D eigenvalue weighted by Crippen LogP contribution is 2.31. The topological polar surface area (TPSA) is 78.3 Å². The summed E-state index contributed by atoms with van der Waals surface area (Å²) in [6, 6.07) is 9.31. The molecule has 1 amide bonds. The summed E-state index contributed by atoms with van der Waals surface area (Å²) in [5, 5.41) is 8.84. The Hall–Kier alpha value is -2.34. The summed E-state index contributed by atoms with van der Waals surface area (Å²) in [6.45, 7) is 9.64. The molecule has 1 aromatic carbocycles. The van der Waals surface area contributed by atoms with E-state index in [1.807, 2.05) is 17.0 Å². The van der Waals surface area contributed by atoms with Crippen molar-refractivity contribution in [3.05, 3.63) is 29.8 Å². The van der Waals surface area contributed by atoms with Crippen LogP contribution in [-0.2, 0) is 9.47 Å². The van der Waals surface area contributed by atoms with Crippen LogP contribution in [0.2, 0.25) is 0 Å². The van der Waals surface area contributed by atoms with Crippen LogP contribution in [0, 0.1) is 23.2 Å². The Bertz CT molecular complexity index is 730. The van der Waals surface area contributed by atoms with Gasteiger partial charge in [0.2, 0.25) is 0 Å². The van der Waals surface area contributed by atoms with Gasteiger partial charge in [-0.25, -0.2) is 4.79 Å². The Kier molecular flexibility index (Phi) is 7.05. The number of amides is 1. The minimum atomic E-state index is -0.173. The van der Waals surface area contributed by atoms with Gasteiger partial charge in [0.15, 0.2) is 0 Å². The first-order valence-electron chi connectivity index (χ1n) is 10.8. The Morgan fingerprint density at radius 3 is 2.33 bits per heavy atom. The number of hydrogen-bond acceptors (Lipinski definition) is 7. The number of ether oxygens (including phenoxy) is 3. The summed E-state index contributed by atoms with van der Waals surface area (Å²) in [5.41, 5.74) is 0.638. The number of carbonyl (C=O) groups excluding carboxylic acids is 1. The predicted molar refractivity (Wildman–Crippen MR) is 110 cm³/mol. The van der Waals surface area contributed by atoms with Crippen LogP contribution in [0.15, 0.2) is 24.3 Å². The maximum Gasteiger partial charge on any atom is 0.409 e. The van der Waals surface area contributed by atoms with E-state index in [4.69, 9.17) is 19.5 Å². The zero-order valence-corrected chi connectivity index (χ0v) is 17.4. The van der Waals surface area contributed by atoms with Crippen LogP contribution in [0.5, 0.6) is 5.75 Å². The van der Waals surface area contributed by atoms with E-state index in [0.29, 0.717) is 30.6 Å². The summed E-state index contributed by atoms with van der Waals surface area (Å²) in [4.78, 5) is 18.9. The van der Waals surface area contributed by atoms with Crippen molar-refractivity contribution >= 4 is 6.09 Å². The molecule has 2 unspecified atom stereocenters. The van der Waals surface area contributed by atoms with Crippen LogP contribution in [0.1, 0.15) is 5.56 Å². The van der Waals surface area contributed by atoms with Gasteiger partial charge in [-0.2, -0.15) is 5.26 Å². The fourth-order valence-electron chi connectivity index (χ4n) is 4.52. The highest BCUT2D eigenvalue weighted by molar-refractivity contribution is 5.68. The summed E-state index contributed by atoms with van der Waals surface area (Å²) in [6.07, 6.45) is -0.173. The molecule has 1 aromatic rings. The van der Waals surface area contributed by atoms with E-state index in [1.165, 1.54) is 0 Å². The number of nitrogens with zero attached hydrogens (tertiary/aromatic N) is 4. The largest absolute Gasteiger partial charge is 0.492 e. The van der Waals surface area contributed by atoms with Gasteiger partial charge in [-0.3, -0.25) is 9.80 Å². The zero-order valence-electron chi connectivity index (χ0n) is 17.4. The summed E-state index contributed by atoms with van der Waals surface area (Å²) in [7, 11) is 0. The van der Waals surface area contributed by atoms with Crippen molar-refractivity contribution in [1.29, 1.82) is 5.26 Å². The monoisotopic (exact) mass is 414 g/mol. The third-order valence-corrected chi connectivity index (χ3v) is 6.22. The summed E-state index contributed by atoms with van der Waals surface area (Å²) in [5.74, 6) is 1.83. The van der Waals surface area contributed by atoms with Gasteiger partial charge in [0.05, 0.1) is 24.8 Å². The highest BCUT2D eigenvalue weighted by atomic mass is 16.6. The summed E-state index contributed by atoms with van der Waals surface area (Å²) < 4.78 is 16.6. The van der Waals surface area contributed by atoms with Crippen LogP contribution in [0.25, 0.3) is 0 Å². The third kappa shape index (κ3) is 5.42. The van der Waals surface area contributed by atoms with E-state index >= 15 is 0 Å². The van der Waals surface area contributed by atoms with Crippen molar-refractivity contribution in [3.63, 3.8) is 0 Å². The molecule has 3 saturated heterocycles. The fraction of sp³-hybridized carbons (Fsp3) is 0.636. The standard InChI is InChI=1S/C22H30N4O4/c23-13-18-1-3-21(4-2-18)29-11-8-25-14-19-16-26(17-20(19)15-25)22(27)30-12-7-24-5-9-28-10-6-24/h1-4,19-20H,5-12,14-17H2. The van der Waals surface area contributed by atoms with Crippen molar-refractivity contribution < 1.29 is 19.0 Å². The molecule has 0 N–H and O–H groups in total. The first-order chi connectivity index (χ1) is 14.7. The highest BCUT2D eigenvalue weighted by Gasteiger charge is 2.41. The molecule has 2 atom stereocenters. The molecule has 0 bridgehead atoms. The number of morpholine rings is 1. The van der Waals surface area contributed by atoms with E-state index < -0.39 is 0 Å². The van der Waals surface area contributed by atoms with Gasteiger partial charge in [0.1, 0.15) is 19.0 Å². The predicted octanol–water partition coefficient (Wildman–Crippen LogP) is 1.27. The molecule has 8 heteroatoms. The number of carbonyl (C=O) groups is 1. The molecule has 3 fully saturated rings. The van der Waals surface area contributed by atoms with Crippen LogP contribution >= 0.6 is 0 Å². The van der Waals surface area contributed by atoms with E-state index in [1.54, 1.807) is 12.1 Å². The molecule has 8 nitrogen and oxygen atoms in total. The average Bonchev–Trinajstić information content (AvgIpc) is 3.34. The average molecular weight is 415 g/mol. The number of fused-ring (bicyclic) bond motifs is 1. The molecule has 162 valence electrons. The Morgan fingerprint density at radius 2 is 1.67 bits per heavy atom.